The molecule has 2 rings (SSSR count). The third-order valence-electron chi connectivity index (χ3n) is 4.23. The highest BCUT2D eigenvalue weighted by Gasteiger charge is 2.32. The predicted molar refractivity (Wildman–Crippen MR) is 72.6 cm³/mol. The highest BCUT2D eigenvalue weighted by Crippen LogP contribution is 2.35. The minimum atomic E-state index is 0.677. The van der Waals surface area contributed by atoms with Gasteiger partial charge in [0.2, 0.25) is 0 Å². The summed E-state index contributed by atoms with van der Waals surface area (Å²) < 4.78 is 0. The molecule has 1 saturated carbocycles. The molecule has 92 valence electrons. The van der Waals surface area contributed by atoms with Gasteiger partial charge in [-0.2, -0.15) is 0 Å². The number of rotatable bonds is 5. The molecule has 2 nitrogen and oxygen atoms in total. The fourth-order valence-corrected chi connectivity index (χ4v) is 3.61. The molecular weight excluding hydrogens is 216 g/mol. The molecule has 0 amide bonds. The molecule has 2 aliphatic rings. The van der Waals surface area contributed by atoms with E-state index in [0.29, 0.717) is 4.99 Å². The monoisotopic (exact) mass is 240 g/mol. The van der Waals surface area contributed by atoms with Crippen LogP contribution in [0.4, 0.5) is 0 Å². The first-order valence-corrected chi connectivity index (χ1v) is 7.20. The van der Waals surface area contributed by atoms with Gasteiger partial charge >= 0.3 is 0 Å². The number of hydrogen-bond acceptors (Lipinski definition) is 2. The van der Waals surface area contributed by atoms with E-state index in [1.165, 1.54) is 51.6 Å². The van der Waals surface area contributed by atoms with E-state index in [1.807, 2.05) is 0 Å². The van der Waals surface area contributed by atoms with E-state index >= 15 is 0 Å². The second-order valence-corrected chi connectivity index (χ2v) is 5.88. The Morgan fingerprint density at radius 3 is 2.62 bits per heavy atom. The van der Waals surface area contributed by atoms with E-state index in [0.717, 1.165) is 24.8 Å². The molecule has 2 fully saturated rings. The minimum Gasteiger partial charge on any atom is -0.393 e. The van der Waals surface area contributed by atoms with Gasteiger partial charge in [0.15, 0.2) is 0 Å². The van der Waals surface area contributed by atoms with Crippen molar-refractivity contribution in [2.75, 3.05) is 13.1 Å². The third-order valence-corrected chi connectivity index (χ3v) is 4.43. The van der Waals surface area contributed by atoms with Crippen LogP contribution in [0, 0.1) is 5.92 Å². The van der Waals surface area contributed by atoms with Crippen molar-refractivity contribution >= 4 is 17.2 Å². The van der Waals surface area contributed by atoms with Crippen molar-refractivity contribution in [3.05, 3.63) is 0 Å². The molecule has 16 heavy (non-hydrogen) atoms. The van der Waals surface area contributed by atoms with Crippen molar-refractivity contribution in [3.63, 3.8) is 0 Å². The third kappa shape index (κ3) is 3.17. The summed E-state index contributed by atoms with van der Waals surface area (Å²) in [5, 5.41) is 0. The molecule has 0 aromatic carbocycles. The van der Waals surface area contributed by atoms with Gasteiger partial charge in [0.25, 0.3) is 0 Å². The molecule has 1 aliphatic carbocycles. The quantitative estimate of drug-likeness (QED) is 0.749. The summed E-state index contributed by atoms with van der Waals surface area (Å²) in [7, 11) is 0. The van der Waals surface area contributed by atoms with Gasteiger partial charge in [0.05, 0.1) is 4.99 Å². The lowest BCUT2D eigenvalue weighted by Crippen LogP contribution is -2.35. The van der Waals surface area contributed by atoms with E-state index in [2.05, 4.69) is 4.90 Å². The highest BCUT2D eigenvalue weighted by molar-refractivity contribution is 7.80. The largest absolute Gasteiger partial charge is 0.393 e. The van der Waals surface area contributed by atoms with Gasteiger partial charge in [0, 0.05) is 6.04 Å². The summed E-state index contributed by atoms with van der Waals surface area (Å²) in [5.74, 6) is 0.993. The van der Waals surface area contributed by atoms with Gasteiger partial charge in [0.1, 0.15) is 0 Å². The van der Waals surface area contributed by atoms with Gasteiger partial charge < -0.3 is 10.6 Å². The maximum absolute atomic E-state index is 5.55. The SMILES string of the molecule is NC(=S)CCCN1CCCC1C1CCCC1. The lowest BCUT2D eigenvalue weighted by Gasteiger charge is -2.29. The first-order chi connectivity index (χ1) is 7.77. The lowest BCUT2D eigenvalue weighted by atomic mass is 9.96. The van der Waals surface area contributed by atoms with Crippen LogP contribution in [0.5, 0.6) is 0 Å². The summed E-state index contributed by atoms with van der Waals surface area (Å²) in [6.45, 7) is 2.51. The van der Waals surface area contributed by atoms with Gasteiger partial charge in [-0.1, -0.05) is 25.1 Å². The van der Waals surface area contributed by atoms with E-state index in [-0.39, 0.29) is 0 Å². The molecule has 0 radical (unpaired) electrons. The Hall–Kier alpha value is -0.150. The molecule has 0 aromatic rings. The molecule has 0 aromatic heterocycles. The Morgan fingerprint density at radius 1 is 1.19 bits per heavy atom. The first kappa shape index (κ1) is 12.3. The molecule has 3 heteroatoms. The van der Waals surface area contributed by atoms with E-state index in [1.54, 1.807) is 0 Å². The summed E-state index contributed by atoms with van der Waals surface area (Å²) in [6, 6.07) is 0.883. The average Bonchev–Trinajstić information content (AvgIpc) is 2.84. The maximum Gasteiger partial charge on any atom is 0.0727 e. The second kappa shape index (κ2) is 5.97. The van der Waals surface area contributed by atoms with Crippen LogP contribution in [0.3, 0.4) is 0 Å². The van der Waals surface area contributed by atoms with E-state index in [9.17, 15) is 0 Å². The standard InChI is InChI=1S/C13H24N2S/c14-13(16)8-4-10-15-9-3-7-12(15)11-5-1-2-6-11/h11-12H,1-10H2,(H2,14,16). The molecule has 0 bridgehead atoms. The number of thiocarbonyl (C=S) groups is 1. The second-order valence-electron chi connectivity index (χ2n) is 5.36. The average molecular weight is 240 g/mol. The first-order valence-electron chi connectivity index (χ1n) is 6.80. The van der Waals surface area contributed by atoms with Crippen LogP contribution in [0.2, 0.25) is 0 Å². The molecule has 1 atom stereocenters. The van der Waals surface area contributed by atoms with Crippen molar-refractivity contribution in [3.8, 4) is 0 Å². The zero-order chi connectivity index (χ0) is 11.4. The van der Waals surface area contributed by atoms with Crippen LogP contribution >= 0.6 is 12.2 Å². The Bertz CT molecular complexity index is 236. The summed E-state index contributed by atoms with van der Waals surface area (Å²) >= 11 is 4.93. The van der Waals surface area contributed by atoms with Crippen molar-refractivity contribution in [2.24, 2.45) is 11.7 Å². The Labute approximate surface area is 105 Å². The highest BCUT2D eigenvalue weighted by atomic mass is 32.1. The van der Waals surface area contributed by atoms with Crippen molar-refractivity contribution in [2.45, 2.75) is 57.4 Å². The molecule has 2 N–H and O–H groups in total. The van der Waals surface area contributed by atoms with Crippen LogP contribution in [0.15, 0.2) is 0 Å². The fourth-order valence-electron chi connectivity index (χ4n) is 3.46. The van der Waals surface area contributed by atoms with E-state index < -0.39 is 0 Å². The minimum absolute atomic E-state index is 0.677. The van der Waals surface area contributed by atoms with Crippen molar-refractivity contribution < 1.29 is 0 Å². The molecule has 0 spiro atoms. The van der Waals surface area contributed by atoms with Gasteiger partial charge in [-0.05, 0) is 57.5 Å². The molecular formula is C13H24N2S. The van der Waals surface area contributed by atoms with Crippen LogP contribution in [0.1, 0.15) is 51.4 Å². The van der Waals surface area contributed by atoms with Crippen LogP contribution in [-0.2, 0) is 0 Å². The van der Waals surface area contributed by atoms with Crippen molar-refractivity contribution in [1.29, 1.82) is 0 Å². The Kier molecular flexibility index (Phi) is 4.59. The van der Waals surface area contributed by atoms with Crippen LogP contribution in [0.25, 0.3) is 0 Å². The topological polar surface area (TPSA) is 29.3 Å². The zero-order valence-electron chi connectivity index (χ0n) is 10.2. The zero-order valence-corrected chi connectivity index (χ0v) is 11.0. The van der Waals surface area contributed by atoms with Gasteiger partial charge in [-0.25, -0.2) is 0 Å². The number of nitrogens with zero attached hydrogens (tertiary/aromatic N) is 1. The van der Waals surface area contributed by atoms with Gasteiger partial charge in [-0.15, -0.1) is 0 Å². The van der Waals surface area contributed by atoms with E-state index in [4.69, 9.17) is 18.0 Å². The Balaban J connectivity index is 1.76. The smallest absolute Gasteiger partial charge is 0.0727 e. The number of nitrogens with two attached hydrogens (primary N) is 1. The maximum atomic E-state index is 5.55. The summed E-state index contributed by atoms with van der Waals surface area (Å²) in [6.07, 6.45) is 10.8. The number of likely N-dealkylation sites (tertiary alicyclic amines) is 1. The van der Waals surface area contributed by atoms with Crippen LogP contribution < -0.4 is 5.73 Å². The molecule has 1 unspecified atom stereocenters. The lowest BCUT2D eigenvalue weighted by molar-refractivity contribution is 0.190. The van der Waals surface area contributed by atoms with Crippen molar-refractivity contribution in [1.82, 2.24) is 4.90 Å². The van der Waals surface area contributed by atoms with Crippen LogP contribution in [-0.4, -0.2) is 29.0 Å². The Morgan fingerprint density at radius 2 is 1.94 bits per heavy atom. The molecule has 1 saturated heterocycles. The predicted octanol–water partition coefficient (Wildman–Crippen LogP) is 2.71. The normalized spacial score (nSPS) is 27.6. The summed E-state index contributed by atoms with van der Waals surface area (Å²) in [4.78, 5) is 3.38. The fraction of sp³-hybridized carbons (Fsp3) is 0.923. The molecule has 1 heterocycles. The van der Waals surface area contributed by atoms with Gasteiger partial charge in [-0.3, -0.25) is 0 Å². The number of hydrogen-bond donors (Lipinski definition) is 1. The molecule has 1 aliphatic heterocycles. The summed E-state index contributed by atoms with van der Waals surface area (Å²) in [5.41, 5.74) is 5.55.